The standard InChI is InChI=1S/C17H14ClNO4/c1-11(20)14-4-2-3-5-15(14)19-16(21)10-23-17(22)12-6-8-13(18)9-7-12/h2-9H,10H2,1H3,(H,19,21). The summed E-state index contributed by atoms with van der Waals surface area (Å²) in [4.78, 5) is 35.1. The largest absolute Gasteiger partial charge is 0.452 e. The van der Waals surface area contributed by atoms with E-state index >= 15 is 0 Å². The Morgan fingerprint density at radius 1 is 1.04 bits per heavy atom. The van der Waals surface area contributed by atoms with Crippen molar-refractivity contribution in [2.24, 2.45) is 0 Å². The minimum absolute atomic E-state index is 0.168. The van der Waals surface area contributed by atoms with Crippen LogP contribution in [0.4, 0.5) is 5.69 Å². The number of para-hydroxylation sites is 1. The van der Waals surface area contributed by atoms with Gasteiger partial charge in [-0.1, -0.05) is 23.7 Å². The molecule has 23 heavy (non-hydrogen) atoms. The Kier molecular flexibility index (Phi) is 5.49. The van der Waals surface area contributed by atoms with Crippen molar-refractivity contribution in [1.82, 2.24) is 0 Å². The molecule has 0 unspecified atom stereocenters. The molecule has 118 valence electrons. The first-order chi connectivity index (χ1) is 11.0. The third-order valence-electron chi connectivity index (χ3n) is 2.99. The molecule has 6 heteroatoms. The number of ketones is 1. The fourth-order valence-electron chi connectivity index (χ4n) is 1.89. The van der Waals surface area contributed by atoms with Crippen LogP contribution in [-0.4, -0.2) is 24.3 Å². The lowest BCUT2D eigenvalue weighted by Crippen LogP contribution is -2.21. The molecule has 0 bridgehead atoms. The number of benzene rings is 2. The minimum atomic E-state index is -0.628. The monoisotopic (exact) mass is 331 g/mol. The molecule has 0 aromatic heterocycles. The Balaban J connectivity index is 1.94. The van der Waals surface area contributed by atoms with E-state index in [9.17, 15) is 14.4 Å². The Bertz CT molecular complexity index is 741. The molecule has 0 radical (unpaired) electrons. The van der Waals surface area contributed by atoms with Gasteiger partial charge in [-0.15, -0.1) is 0 Å². The van der Waals surface area contributed by atoms with E-state index in [1.807, 2.05) is 0 Å². The van der Waals surface area contributed by atoms with Crippen LogP contribution in [0.2, 0.25) is 5.02 Å². The highest BCUT2D eigenvalue weighted by Gasteiger charge is 2.12. The number of esters is 1. The number of Topliss-reactive ketones (excluding diaryl/α,β-unsaturated/α-hetero) is 1. The second-order valence-electron chi connectivity index (χ2n) is 4.73. The molecular weight excluding hydrogens is 318 g/mol. The Morgan fingerprint density at radius 2 is 1.70 bits per heavy atom. The van der Waals surface area contributed by atoms with Crippen molar-refractivity contribution < 1.29 is 19.1 Å². The summed E-state index contributed by atoms with van der Waals surface area (Å²) in [6.45, 7) is 0.958. The van der Waals surface area contributed by atoms with Crippen molar-refractivity contribution in [2.45, 2.75) is 6.92 Å². The van der Waals surface area contributed by atoms with Crippen LogP contribution in [-0.2, 0) is 9.53 Å². The second kappa shape index (κ2) is 7.56. The molecule has 0 fully saturated rings. The molecule has 2 aromatic rings. The predicted molar refractivity (Wildman–Crippen MR) is 86.8 cm³/mol. The van der Waals surface area contributed by atoms with E-state index in [-0.39, 0.29) is 5.78 Å². The van der Waals surface area contributed by atoms with Crippen LogP contribution in [0.3, 0.4) is 0 Å². The van der Waals surface area contributed by atoms with E-state index in [0.29, 0.717) is 21.8 Å². The molecule has 0 saturated carbocycles. The van der Waals surface area contributed by atoms with Gasteiger partial charge in [0.15, 0.2) is 12.4 Å². The van der Waals surface area contributed by atoms with E-state index in [4.69, 9.17) is 16.3 Å². The quantitative estimate of drug-likeness (QED) is 0.673. The first kappa shape index (κ1) is 16.7. The molecule has 0 heterocycles. The number of rotatable bonds is 5. The lowest BCUT2D eigenvalue weighted by Gasteiger charge is -2.09. The molecule has 0 aliphatic rings. The Morgan fingerprint density at radius 3 is 2.35 bits per heavy atom. The lowest BCUT2D eigenvalue weighted by molar-refractivity contribution is -0.119. The Hall–Kier alpha value is -2.66. The smallest absolute Gasteiger partial charge is 0.338 e. The number of anilines is 1. The maximum Gasteiger partial charge on any atom is 0.338 e. The summed E-state index contributed by atoms with van der Waals surface area (Å²) < 4.78 is 4.92. The lowest BCUT2D eigenvalue weighted by atomic mass is 10.1. The fourth-order valence-corrected chi connectivity index (χ4v) is 2.01. The summed E-state index contributed by atoms with van der Waals surface area (Å²) >= 11 is 5.73. The van der Waals surface area contributed by atoms with Crippen molar-refractivity contribution in [3.05, 3.63) is 64.7 Å². The van der Waals surface area contributed by atoms with Crippen LogP contribution in [0.15, 0.2) is 48.5 Å². The molecule has 0 aliphatic carbocycles. The molecule has 5 nitrogen and oxygen atoms in total. The van der Waals surface area contributed by atoms with Crippen molar-refractivity contribution in [3.8, 4) is 0 Å². The summed E-state index contributed by atoms with van der Waals surface area (Å²) in [7, 11) is 0. The van der Waals surface area contributed by atoms with Crippen LogP contribution < -0.4 is 5.32 Å². The predicted octanol–water partition coefficient (Wildman–Crippen LogP) is 3.34. The van der Waals surface area contributed by atoms with Crippen molar-refractivity contribution >= 4 is 34.9 Å². The number of nitrogens with one attached hydrogen (secondary N) is 1. The van der Waals surface area contributed by atoms with Gasteiger partial charge in [0.25, 0.3) is 5.91 Å². The highest BCUT2D eigenvalue weighted by atomic mass is 35.5. The van der Waals surface area contributed by atoms with Crippen molar-refractivity contribution in [3.63, 3.8) is 0 Å². The topological polar surface area (TPSA) is 72.5 Å². The zero-order chi connectivity index (χ0) is 16.8. The van der Waals surface area contributed by atoms with Crippen LogP contribution >= 0.6 is 11.6 Å². The highest BCUT2D eigenvalue weighted by Crippen LogP contribution is 2.15. The maximum absolute atomic E-state index is 11.9. The third kappa shape index (κ3) is 4.66. The third-order valence-corrected chi connectivity index (χ3v) is 3.25. The zero-order valence-electron chi connectivity index (χ0n) is 12.3. The summed E-state index contributed by atoms with van der Waals surface area (Å²) in [6.07, 6.45) is 0. The second-order valence-corrected chi connectivity index (χ2v) is 5.17. The van der Waals surface area contributed by atoms with E-state index in [1.165, 1.54) is 19.1 Å². The van der Waals surface area contributed by atoms with Gasteiger partial charge >= 0.3 is 5.97 Å². The molecule has 0 saturated heterocycles. The summed E-state index contributed by atoms with van der Waals surface area (Å²) in [5.74, 6) is -1.32. The first-order valence-corrected chi connectivity index (χ1v) is 7.17. The van der Waals surface area contributed by atoms with Gasteiger partial charge in [-0.05, 0) is 43.3 Å². The molecule has 2 aromatic carbocycles. The van der Waals surface area contributed by atoms with Gasteiger partial charge in [0.05, 0.1) is 11.3 Å². The SMILES string of the molecule is CC(=O)c1ccccc1NC(=O)COC(=O)c1ccc(Cl)cc1. The Labute approximate surface area is 138 Å². The van der Waals surface area contributed by atoms with Gasteiger partial charge < -0.3 is 10.1 Å². The normalized spacial score (nSPS) is 10.0. The first-order valence-electron chi connectivity index (χ1n) is 6.80. The van der Waals surface area contributed by atoms with Crippen LogP contribution in [0.25, 0.3) is 0 Å². The number of amides is 1. The molecular formula is C17H14ClNO4. The van der Waals surface area contributed by atoms with E-state index in [0.717, 1.165) is 0 Å². The van der Waals surface area contributed by atoms with Gasteiger partial charge in [-0.3, -0.25) is 9.59 Å². The van der Waals surface area contributed by atoms with Crippen molar-refractivity contribution in [2.75, 3.05) is 11.9 Å². The molecule has 2 rings (SSSR count). The maximum atomic E-state index is 11.9. The van der Waals surface area contributed by atoms with Crippen LogP contribution in [0.1, 0.15) is 27.6 Å². The van der Waals surface area contributed by atoms with E-state index in [2.05, 4.69) is 5.32 Å². The fraction of sp³-hybridized carbons (Fsp3) is 0.118. The number of ether oxygens (including phenoxy) is 1. The van der Waals surface area contributed by atoms with Gasteiger partial charge in [0.2, 0.25) is 0 Å². The number of hydrogen-bond donors (Lipinski definition) is 1. The zero-order valence-corrected chi connectivity index (χ0v) is 13.1. The molecule has 1 N–H and O–H groups in total. The average molecular weight is 332 g/mol. The minimum Gasteiger partial charge on any atom is -0.452 e. The van der Waals surface area contributed by atoms with E-state index < -0.39 is 18.5 Å². The van der Waals surface area contributed by atoms with Gasteiger partial charge in [-0.2, -0.15) is 0 Å². The molecule has 0 spiro atoms. The van der Waals surface area contributed by atoms with Gasteiger partial charge in [0.1, 0.15) is 0 Å². The molecule has 0 atom stereocenters. The average Bonchev–Trinajstić information content (AvgIpc) is 2.53. The molecule has 0 aliphatic heterocycles. The summed E-state index contributed by atoms with van der Waals surface area (Å²) in [6, 6.07) is 12.7. The highest BCUT2D eigenvalue weighted by molar-refractivity contribution is 6.30. The molecule has 1 amide bonds. The van der Waals surface area contributed by atoms with E-state index in [1.54, 1.807) is 36.4 Å². The number of carbonyl (C=O) groups is 3. The number of halogens is 1. The summed E-state index contributed by atoms with van der Waals surface area (Å²) in [5, 5.41) is 3.05. The summed E-state index contributed by atoms with van der Waals surface area (Å²) in [5.41, 5.74) is 1.07. The van der Waals surface area contributed by atoms with Gasteiger partial charge in [0, 0.05) is 10.6 Å². The van der Waals surface area contributed by atoms with Crippen LogP contribution in [0, 0.1) is 0 Å². The van der Waals surface area contributed by atoms with Crippen molar-refractivity contribution in [1.29, 1.82) is 0 Å². The number of hydrogen-bond acceptors (Lipinski definition) is 4. The number of carbonyl (C=O) groups excluding carboxylic acids is 3. The van der Waals surface area contributed by atoms with Crippen LogP contribution in [0.5, 0.6) is 0 Å². The van der Waals surface area contributed by atoms with Gasteiger partial charge in [-0.25, -0.2) is 4.79 Å².